The molecule has 18 heavy (non-hydrogen) atoms. The number of hydrogen-bond donors (Lipinski definition) is 1. The van der Waals surface area contributed by atoms with Crippen LogP contribution in [0.1, 0.15) is 46.5 Å². The van der Waals surface area contributed by atoms with E-state index in [0.717, 1.165) is 26.2 Å². The first-order chi connectivity index (χ1) is 8.55. The van der Waals surface area contributed by atoms with Gasteiger partial charge in [0.1, 0.15) is 0 Å². The molecule has 1 N–H and O–H groups in total. The molecule has 1 aliphatic heterocycles. The Morgan fingerprint density at radius 3 is 2.56 bits per heavy atom. The summed E-state index contributed by atoms with van der Waals surface area (Å²) in [6, 6.07) is 0. The molecule has 3 heteroatoms. The fourth-order valence-corrected chi connectivity index (χ4v) is 3.63. The predicted octanol–water partition coefficient (Wildman–Crippen LogP) is 2.27. The zero-order valence-corrected chi connectivity index (χ0v) is 12.4. The van der Waals surface area contributed by atoms with Crippen molar-refractivity contribution in [2.24, 2.45) is 5.41 Å². The first-order valence-corrected chi connectivity index (χ1v) is 7.62. The van der Waals surface area contributed by atoms with E-state index in [-0.39, 0.29) is 5.60 Å². The van der Waals surface area contributed by atoms with Crippen LogP contribution < -0.4 is 5.32 Å². The molecule has 0 aromatic rings. The molecule has 1 aliphatic carbocycles. The van der Waals surface area contributed by atoms with Gasteiger partial charge in [0.25, 0.3) is 0 Å². The fourth-order valence-electron chi connectivity index (χ4n) is 3.63. The van der Waals surface area contributed by atoms with Gasteiger partial charge in [0, 0.05) is 26.2 Å². The van der Waals surface area contributed by atoms with E-state index in [1.165, 1.54) is 38.8 Å². The van der Waals surface area contributed by atoms with Gasteiger partial charge in [-0.1, -0.05) is 19.8 Å². The largest absolute Gasteiger partial charge is 0.373 e. The molecule has 2 fully saturated rings. The van der Waals surface area contributed by atoms with Crippen molar-refractivity contribution in [1.82, 2.24) is 10.2 Å². The number of ether oxygens (including phenoxy) is 1. The maximum absolute atomic E-state index is 5.82. The Balaban J connectivity index is 1.92. The molecule has 1 saturated heterocycles. The molecule has 1 heterocycles. The lowest BCUT2D eigenvalue weighted by Crippen LogP contribution is -2.52. The van der Waals surface area contributed by atoms with Crippen LogP contribution in [0, 0.1) is 5.41 Å². The zero-order chi connectivity index (χ0) is 13.1. The van der Waals surface area contributed by atoms with E-state index in [2.05, 4.69) is 31.0 Å². The Morgan fingerprint density at radius 2 is 1.94 bits per heavy atom. The minimum Gasteiger partial charge on any atom is -0.373 e. The highest BCUT2D eigenvalue weighted by atomic mass is 16.5. The molecular formula is C15H30N2O. The van der Waals surface area contributed by atoms with Crippen molar-refractivity contribution in [2.45, 2.75) is 52.1 Å². The van der Waals surface area contributed by atoms with E-state index in [1.807, 2.05) is 0 Å². The van der Waals surface area contributed by atoms with Crippen molar-refractivity contribution in [1.29, 1.82) is 0 Å². The smallest absolute Gasteiger partial charge is 0.0753 e. The van der Waals surface area contributed by atoms with Gasteiger partial charge < -0.3 is 10.1 Å². The second-order valence-corrected chi connectivity index (χ2v) is 6.81. The molecule has 0 radical (unpaired) electrons. The maximum Gasteiger partial charge on any atom is 0.0753 e. The van der Waals surface area contributed by atoms with E-state index in [4.69, 9.17) is 4.74 Å². The molecule has 0 atom stereocenters. The van der Waals surface area contributed by atoms with Gasteiger partial charge in [-0.3, -0.25) is 4.90 Å². The summed E-state index contributed by atoms with van der Waals surface area (Å²) in [5.41, 5.74) is 0.569. The first-order valence-electron chi connectivity index (χ1n) is 7.62. The third-order valence-corrected chi connectivity index (χ3v) is 4.48. The van der Waals surface area contributed by atoms with Crippen molar-refractivity contribution in [3.05, 3.63) is 0 Å². The molecule has 0 aromatic heterocycles. The number of morpholine rings is 1. The zero-order valence-electron chi connectivity index (χ0n) is 12.4. The standard InChI is InChI=1S/C15H30N2O/c1-4-16-11-15(7-5-6-8-15)13-17-9-10-18-14(2,3)12-17/h16H,4-13H2,1-3H3. The number of hydrogen-bond acceptors (Lipinski definition) is 3. The molecule has 2 aliphatic rings. The van der Waals surface area contributed by atoms with Gasteiger partial charge in [-0.15, -0.1) is 0 Å². The van der Waals surface area contributed by atoms with Gasteiger partial charge >= 0.3 is 0 Å². The van der Waals surface area contributed by atoms with Crippen molar-refractivity contribution < 1.29 is 4.74 Å². The highest BCUT2D eigenvalue weighted by Gasteiger charge is 2.37. The molecule has 0 spiro atoms. The van der Waals surface area contributed by atoms with Gasteiger partial charge in [-0.05, 0) is 38.6 Å². The van der Waals surface area contributed by atoms with Gasteiger partial charge in [0.05, 0.1) is 12.2 Å². The van der Waals surface area contributed by atoms with Crippen molar-refractivity contribution in [2.75, 3.05) is 39.3 Å². The summed E-state index contributed by atoms with van der Waals surface area (Å²) < 4.78 is 5.82. The SMILES string of the molecule is CCNCC1(CN2CCOC(C)(C)C2)CCCC1. The lowest BCUT2D eigenvalue weighted by molar-refractivity contribution is -0.0940. The van der Waals surface area contributed by atoms with E-state index >= 15 is 0 Å². The van der Waals surface area contributed by atoms with Crippen LogP contribution in [0.5, 0.6) is 0 Å². The second kappa shape index (κ2) is 5.89. The molecule has 2 rings (SSSR count). The van der Waals surface area contributed by atoms with E-state index in [0.29, 0.717) is 5.41 Å². The van der Waals surface area contributed by atoms with Crippen LogP contribution >= 0.6 is 0 Å². The van der Waals surface area contributed by atoms with Crippen LogP contribution in [0.15, 0.2) is 0 Å². The summed E-state index contributed by atoms with van der Waals surface area (Å²) >= 11 is 0. The number of rotatable bonds is 5. The Hall–Kier alpha value is -0.120. The normalized spacial score (nSPS) is 27.5. The van der Waals surface area contributed by atoms with Crippen molar-refractivity contribution >= 4 is 0 Å². The van der Waals surface area contributed by atoms with Gasteiger partial charge in [0.15, 0.2) is 0 Å². The summed E-state index contributed by atoms with van der Waals surface area (Å²) in [7, 11) is 0. The minimum absolute atomic E-state index is 0.0379. The van der Waals surface area contributed by atoms with Gasteiger partial charge in [0.2, 0.25) is 0 Å². The topological polar surface area (TPSA) is 24.5 Å². The highest BCUT2D eigenvalue weighted by Crippen LogP contribution is 2.39. The van der Waals surface area contributed by atoms with Crippen LogP contribution in [0.4, 0.5) is 0 Å². The number of nitrogens with zero attached hydrogens (tertiary/aromatic N) is 1. The van der Waals surface area contributed by atoms with Crippen LogP contribution in [-0.2, 0) is 4.74 Å². The highest BCUT2D eigenvalue weighted by molar-refractivity contribution is 4.91. The molecule has 0 amide bonds. The first kappa shape index (κ1) is 14.3. The van der Waals surface area contributed by atoms with Crippen molar-refractivity contribution in [3.8, 4) is 0 Å². The van der Waals surface area contributed by atoms with Crippen LogP contribution in [0.3, 0.4) is 0 Å². The molecule has 0 bridgehead atoms. The second-order valence-electron chi connectivity index (χ2n) is 6.81. The molecular weight excluding hydrogens is 224 g/mol. The fraction of sp³-hybridized carbons (Fsp3) is 1.00. The third kappa shape index (κ3) is 3.69. The maximum atomic E-state index is 5.82. The average Bonchev–Trinajstić information content (AvgIpc) is 2.74. The Bertz CT molecular complexity index is 259. The Morgan fingerprint density at radius 1 is 1.22 bits per heavy atom. The average molecular weight is 254 g/mol. The molecule has 0 unspecified atom stereocenters. The van der Waals surface area contributed by atoms with Gasteiger partial charge in [-0.2, -0.15) is 0 Å². The van der Waals surface area contributed by atoms with E-state index in [9.17, 15) is 0 Å². The lowest BCUT2D eigenvalue weighted by atomic mass is 9.85. The quantitative estimate of drug-likeness (QED) is 0.814. The third-order valence-electron chi connectivity index (χ3n) is 4.48. The summed E-state index contributed by atoms with van der Waals surface area (Å²) in [5, 5.41) is 3.58. The summed E-state index contributed by atoms with van der Waals surface area (Å²) in [6.45, 7) is 13.3. The molecule has 1 saturated carbocycles. The molecule has 3 nitrogen and oxygen atoms in total. The van der Waals surface area contributed by atoms with Crippen molar-refractivity contribution in [3.63, 3.8) is 0 Å². The predicted molar refractivity (Wildman–Crippen MR) is 75.9 cm³/mol. The minimum atomic E-state index is 0.0379. The monoisotopic (exact) mass is 254 g/mol. The Labute approximate surface area is 112 Å². The summed E-state index contributed by atoms with van der Waals surface area (Å²) in [4.78, 5) is 2.63. The van der Waals surface area contributed by atoms with E-state index in [1.54, 1.807) is 0 Å². The van der Waals surface area contributed by atoms with Gasteiger partial charge in [-0.25, -0.2) is 0 Å². The van der Waals surface area contributed by atoms with Crippen LogP contribution in [0.2, 0.25) is 0 Å². The van der Waals surface area contributed by atoms with E-state index < -0.39 is 0 Å². The number of nitrogens with one attached hydrogen (secondary N) is 1. The molecule has 106 valence electrons. The summed E-state index contributed by atoms with van der Waals surface area (Å²) in [5.74, 6) is 0. The summed E-state index contributed by atoms with van der Waals surface area (Å²) in [6.07, 6.45) is 5.63. The van der Waals surface area contributed by atoms with Crippen LogP contribution in [0.25, 0.3) is 0 Å². The lowest BCUT2D eigenvalue weighted by Gasteiger charge is -2.42. The Kier molecular flexibility index (Phi) is 4.68. The van der Waals surface area contributed by atoms with Crippen LogP contribution in [-0.4, -0.2) is 49.8 Å². The molecule has 0 aromatic carbocycles.